The molecule has 0 aliphatic heterocycles. The lowest BCUT2D eigenvalue weighted by Gasteiger charge is -1.95. The molecule has 1 heterocycles. The van der Waals surface area contributed by atoms with Gasteiger partial charge in [0.15, 0.2) is 12.0 Å². The molecule has 0 fully saturated rings. The number of fused-ring (bicyclic) bond motifs is 1. The maximum Gasteiger partial charge on any atom is 0.181 e. The van der Waals surface area contributed by atoms with E-state index in [1.165, 1.54) is 18.5 Å². The second-order valence-corrected chi connectivity index (χ2v) is 2.60. The number of hydrogen-bond acceptors (Lipinski definition) is 3. The highest BCUT2D eigenvalue weighted by molar-refractivity contribution is 5.76. The van der Waals surface area contributed by atoms with Crippen LogP contribution in [0.2, 0.25) is 0 Å². The highest BCUT2D eigenvalue weighted by Gasteiger charge is 2.07. The normalized spacial score (nSPS) is 10.2. The summed E-state index contributed by atoms with van der Waals surface area (Å²) in [6.07, 6.45) is 1.37. The van der Waals surface area contributed by atoms with Crippen molar-refractivity contribution < 1.29 is 8.81 Å². The number of aromatic nitrogens is 1. The first-order chi connectivity index (χ1) is 6.31. The number of benzene rings is 1. The standard InChI is InChI=1S/C9H5FN2O/c10-7-3-6(1-2-11)9-8(4-7)12-5-13-9/h3-5H,1H2. The van der Waals surface area contributed by atoms with Crippen LogP contribution in [0.15, 0.2) is 22.9 Å². The summed E-state index contributed by atoms with van der Waals surface area (Å²) in [6, 6.07) is 4.50. The van der Waals surface area contributed by atoms with Gasteiger partial charge in [0.25, 0.3) is 0 Å². The third kappa shape index (κ3) is 1.25. The van der Waals surface area contributed by atoms with Crippen molar-refractivity contribution >= 4 is 11.1 Å². The molecule has 0 aliphatic rings. The van der Waals surface area contributed by atoms with Crippen molar-refractivity contribution in [3.05, 3.63) is 29.9 Å². The molecule has 13 heavy (non-hydrogen) atoms. The Kier molecular flexibility index (Phi) is 1.71. The summed E-state index contributed by atoms with van der Waals surface area (Å²) < 4.78 is 17.9. The van der Waals surface area contributed by atoms with Gasteiger partial charge in [0.1, 0.15) is 11.3 Å². The van der Waals surface area contributed by atoms with Crippen LogP contribution in [0, 0.1) is 17.1 Å². The Morgan fingerprint density at radius 3 is 3.15 bits per heavy atom. The van der Waals surface area contributed by atoms with Gasteiger partial charge in [-0.3, -0.25) is 0 Å². The molecule has 0 amide bonds. The maximum absolute atomic E-state index is 12.9. The summed E-state index contributed by atoms with van der Waals surface area (Å²) >= 11 is 0. The van der Waals surface area contributed by atoms with Crippen LogP contribution in [-0.4, -0.2) is 4.98 Å². The van der Waals surface area contributed by atoms with Gasteiger partial charge < -0.3 is 4.42 Å². The number of nitriles is 1. The lowest BCUT2D eigenvalue weighted by molar-refractivity contribution is 0.595. The maximum atomic E-state index is 12.9. The molecular weight excluding hydrogens is 171 g/mol. The topological polar surface area (TPSA) is 49.8 Å². The van der Waals surface area contributed by atoms with Crippen LogP contribution in [0.25, 0.3) is 11.1 Å². The lowest BCUT2D eigenvalue weighted by Crippen LogP contribution is -1.85. The van der Waals surface area contributed by atoms with E-state index in [0.29, 0.717) is 16.7 Å². The quantitative estimate of drug-likeness (QED) is 0.667. The van der Waals surface area contributed by atoms with E-state index in [0.717, 1.165) is 0 Å². The second-order valence-electron chi connectivity index (χ2n) is 2.60. The molecule has 0 unspecified atom stereocenters. The molecule has 0 saturated heterocycles. The monoisotopic (exact) mass is 176 g/mol. The Hall–Kier alpha value is -1.89. The van der Waals surface area contributed by atoms with E-state index in [1.54, 1.807) is 0 Å². The molecule has 64 valence electrons. The molecule has 0 aliphatic carbocycles. The molecule has 0 saturated carbocycles. The van der Waals surface area contributed by atoms with Crippen LogP contribution in [0.1, 0.15) is 5.56 Å². The molecule has 0 atom stereocenters. The Morgan fingerprint density at radius 2 is 2.38 bits per heavy atom. The first kappa shape index (κ1) is 7.74. The van der Waals surface area contributed by atoms with Gasteiger partial charge in [0.05, 0.1) is 12.5 Å². The first-order valence-corrected chi connectivity index (χ1v) is 3.70. The molecule has 2 rings (SSSR count). The summed E-state index contributed by atoms with van der Waals surface area (Å²) in [6.45, 7) is 0. The van der Waals surface area contributed by atoms with Crippen LogP contribution in [0.5, 0.6) is 0 Å². The van der Waals surface area contributed by atoms with Crippen LogP contribution in [0.4, 0.5) is 4.39 Å². The minimum atomic E-state index is -0.397. The molecule has 3 nitrogen and oxygen atoms in total. The fourth-order valence-electron chi connectivity index (χ4n) is 1.22. The zero-order valence-electron chi connectivity index (χ0n) is 6.62. The average molecular weight is 176 g/mol. The van der Waals surface area contributed by atoms with Gasteiger partial charge in [-0.05, 0) is 6.07 Å². The van der Waals surface area contributed by atoms with Crippen LogP contribution in [-0.2, 0) is 6.42 Å². The lowest BCUT2D eigenvalue weighted by atomic mass is 10.1. The van der Waals surface area contributed by atoms with E-state index < -0.39 is 5.82 Å². The Balaban J connectivity index is 2.71. The van der Waals surface area contributed by atoms with Crippen molar-refractivity contribution in [1.29, 1.82) is 5.26 Å². The summed E-state index contributed by atoms with van der Waals surface area (Å²) in [5.41, 5.74) is 1.48. The molecule has 4 heteroatoms. The molecular formula is C9H5FN2O. The predicted molar refractivity (Wildman–Crippen MR) is 43.3 cm³/mol. The molecule has 1 aromatic heterocycles. The van der Waals surface area contributed by atoms with Gasteiger partial charge in [0.2, 0.25) is 0 Å². The zero-order valence-corrected chi connectivity index (χ0v) is 6.62. The van der Waals surface area contributed by atoms with E-state index in [1.807, 2.05) is 6.07 Å². The minimum Gasteiger partial charge on any atom is -0.443 e. The smallest absolute Gasteiger partial charge is 0.181 e. The average Bonchev–Trinajstić information content (AvgIpc) is 2.52. The van der Waals surface area contributed by atoms with Gasteiger partial charge in [-0.25, -0.2) is 9.37 Å². The molecule has 0 radical (unpaired) electrons. The van der Waals surface area contributed by atoms with Crippen molar-refractivity contribution in [2.75, 3.05) is 0 Å². The molecule has 0 spiro atoms. The molecule has 0 N–H and O–H groups in total. The molecule has 1 aromatic carbocycles. The number of nitrogens with zero attached hydrogens (tertiary/aromatic N) is 2. The summed E-state index contributed by atoms with van der Waals surface area (Å²) in [5, 5.41) is 8.47. The SMILES string of the molecule is N#CCc1cc(F)cc2ncoc12. The summed E-state index contributed by atoms with van der Waals surface area (Å²) in [5.74, 6) is -0.397. The minimum absolute atomic E-state index is 0.128. The Bertz CT molecular complexity index is 484. The molecule has 2 aromatic rings. The van der Waals surface area contributed by atoms with Crippen molar-refractivity contribution in [3.8, 4) is 6.07 Å². The fourth-order valence-corrected chi connectivity index (χ4v) is 1.22. The predicted octanol–water partition coefficient (Wildman–Crippen LogP) is 2.03. The second kappa shape index (κ2) is 2.87. The highest BCUT2D eigenvalue weighted by Crippen LogP contribution is 2.19. The van der Waals surface area contributed by atoms with Gasteiger partial charge in [-0.2, -0.15) is 5.26 Å². The van der Waals surface area contributed by atoms with Crippen molar-refractivity contribution in [2.24, 2.45) is 0 Å². The van der Waals surface area contributed by atoms with E-state index >= 15 is 0 Å². The highest BCUT2D eigenvalue weighted by atomic mass is 19.1. The largest absolute Gasteiger partial charge is 0.443 e. The fraction of sp³-hybridized carbons (Fsp3) is 0.111. The third-order valence-electron chi connectivity index (χ3n) is 1.74. The zero-order chi connectivity index (χ0) is 9.26. The van der Waals surface area contributed by atoms with E-state index in [4.69, 9.17) is 9.68 Å². The van der Waals surface area contributed by atoms with Crippen LogP contribution in [0.3, 0.4) is 0 Å². The number of hydrogen-bond donors (Lipinski definition) is 0. The third-order valence-corrected chi connectivity index (χ3v) is 1.74. The van der Waals surface area contributed by atoms with Crippen molar-refractivity contribution in [1.82, 2.24) is 4.98 Å². The molecule has 0 bridgehead atoms. The summed E-state index contributed by atoms with van der Waals surface area (Å²) in [7, 11) is 0. The van der Waals surface area contributed by atoms with Gasteiger partial charge >= 0.3 is 0 Å². The Morgan fingerprint density at radius 1 is 1.54 bits per heavy atom. The van der Waals surface area contributed by atoms with Gasteiger partial charge in [-0.15, -0.1) is 0 Å². The van der Waals surface area contributed by atoms with Crippen LogP contribution < -0.4 is 0 Å². The van der Waals surface area contributed by atoms with Gasteiger partial charge in [0, 0.05) is 11.6 Å². The van der Waals surface area contributed by atoms with E-state index in [9.17, 15) is 4.39 Å². The van der Waals surface area contributed by atoms with Gasteiger partial charge in [-0.1, -0.05) is 0 Å². The van der Waals surface area contributed by atoms with E-state index in [-0.39, 0.29) is 6.42 Å². The number of oxazole rings is 1. The summed E-state index contributed by atoms with van der Waals surface area (Å²) in [4.78, 5) is 3.81. The first-order valence-electron chi connectivity index (χ1n) is 3.70. The van der Waals surface area contributed by atoms with Crippen LogP contribution >= 0.6 is 0 Å². The van der Waals surface area contributed by atoms with Crippen molar-refractivity contribution in [3.63, 3.8) is 0 Å². The number of rotatable bonds is 1. The number of halogens is 1. The van der Waals surface area contributed by atoms with Crippen molar-refractivity contribution in [2.45, 2.75) is 6.42 Å². The Labute approximate surface area is 73.4 Å². The van der Waals surface area contributed by atoms with E-state index in [2.05, 4.69) is 4.98 Å².